The van der Waals surface area contributed by atoms with E-state index in [2.05, 4.69) is 67.6 Å². The molecule has 0 spiro atoms. The largest absolute Gasteiger partial charge is 0.247 e. The Morgan fingerprint density at radius 1 is 0.500 bits per heavy atom. The zero-order valence-electron chi connectivity index (χ0n) is 21.3. The molecule has 0 bridgehead atoms. The lowest BCUT2D eigenvalue weighted by Gasteiger charge is -2.13. The fraction of sp³-hybridized carbons (Fsp3) is 0.485. The Bertz CT molecular complexity index is 1160. The van der Waals surface area contributed by atoms with Gasteiger partial charge in [-0.3, -0.25) is 0 Å². The van der Waals surface area contributed by atoms with E-state index in [0.29, 0.717) is 0 Å². The molecular weight excluding hydrogens is 410 g/mol. The van der Waals surface area contributed by atoms with E-state index in [1.807, 2.05) is 0 Å². The third-order valence-electron chi connectivity index (χ3n) is 7.47. The van der Waals surface area contributed by atoms with E-state index >= 15 is 0 Å². The first-order valence-electron chi connectivity index (χ1n) is 14.1. The number of fused-ring (bicyclic) bond motifs is 4. The minimum absolute atomic E-state index is 1.13. The molecule has 0 aliphatic carbocycles. The van der Waals surface area contributed by atoms with Crippen molar-refractivity contribution in [1.29, 1.82) is 0 Å². The molecule has 4 rings (SSSR count). The van der Waals surface area contributed by atoms with E-state index in [4.69, 9.17) is 4.98 Å². The van der Waals surface area contributed by atoms with Gasteiger partial charge in [0.25, 0.3) is 0 Å². The summed E-state index contributed by atoms with van der Waals surface area (Å²) in [6.45, 7) is 2.30. The highest BCUT2D eigenvalue weighted by Crippen LogP contribution is 2.32. The van der Waals surface area contributed by atoms with Gasteiger partial charge in [0.1, 0.15) is 0 Å². The minimum atomic E-state index is 1.13. The lowest BCUT2D eigenvalue weighted by Crippen LogP contribution is -1.94. The second kappa shape index (κ2) is 13.5. The average Bonchev–Trinajstić information content (AvgIpc) is 2.88. The molecule has 0 saturated carbocycles. The number of unbranched alkanes of at least 4 members (excludes halogenated alkanes) is 13. The summed E-state index contributed by atoms with van der Waals surface area (Å²) in [6, 6.07) is 21.9. The molecule has 1 heterocycles. The summed E-state index contributed by atoms with van der Waals surface area (Å²) in [5.74, 6) is 0. The lowest BCUT2D eigenvalue weighted by atomic mass is 9.95. The van der Waals surface area contributed by atoms with Crippen molar-refractivity contribution >= 4 is 32.6 Å². The van der Waals surface area contributed by atoms with Gasteiger partial charge in [0.05, 0.1) is 11.0 Å². The van der Waals surface area contributed by atoms with Crippen LogP contribution in [0, 0.1) is 0 Å². The van der Waals surface area contributed by atoms with Gasteiger partial charge in [-0.1, -0.05) is 145 Å². The number of rotatable bonds is 15. The predicted molar refractivity (Wildman–Crippen MR) is 151 cm³/mol. The van der Waals surface area contributed by atoms with Crippen LogP contribution in [0.15, 0.2) is 60.7 Å². The van der Waals surface area contributed by atoms with Crippen LogP contribution in [0.25, 0.3) is 32.6 Å². The molecule has 4 aromatic rings. The zero-order valence-corrected chi connectivity index (χ0v) is 21.3. The Morgan fingerprint density at radius 3 is 1.74 bits per heavy atom. The predicted octanol–water partition coefficient (Wildman–Crippen LogP) is 10.6. The molecule has 1 aromatic heterocycles. The van der Waals surface area contributed by atoms with Crippen molar-refractivity contribution in [3.05, 3.63) is 66.2 Å². The van der Waals surface area contributed by atoms with Crippen LogP contribution in [-0.4, -0.2) is 4.98 Å². The van der Waals surface area contributed by atoms with E-state index in [0.717, 1.165) is 17.5 Å². The molecule has 3 aromatic carbocycles. The quantitative estimate of drug-likeness (QED) is 0.0990. The van der Waals surface area contributed by atoms with Crippen LogP contribution >= 0.6 is 0 Å². The van der Waals surface area contributed by atoms with Gasteiger partial charge >= 0.3 is 0 Å². The molecule has 1 nitrogen and oxygen atoms in total. The van der Waals surface area contributed by atoms with Crippen molar-refractivity contribution in [1.82, 2.24) is 4.98 Å². The molecule has 180 valence electrons. The highest BCUT2D eigenvalue weighted by molar-refractivity contribution is 6.10. The molecule has 0 amide bonds. The number of aryl methyl sites for hydroxylation is 1. The number of pyridine rings is 1. The fourth-order valence-electron chi connectivity index (χ4n) is 5.48. The first kappa shape index (κ1) is 24.7. The maximum atomic E-state index is 5.08. The number of nitrogens with zero attached hydrogens (tertiary/aromatic N) is 1. The number of benzene rings is 3. The summed E-state index contributed by atoms with van der Waals surface area (Å²) in [7, 11) is 0. The van der Waals surface area contributed by atoms with Crippen molar-refractivity contribution in [2.45, 2.75) is 103 Å². The van der Waals surface area contributed by atoms with Gasteiger partial charge in [-0.05, 0) is 29.9 Å². The molecule has 0 saturated heterocycles. The molecule has 0 aliphatic rings. The second-order valence-electron chi connectivity index (χ2n) is 10.1. The Labute approximate surface area is 207 Å². The van der Waals surface area contributed by atoms with Crippen LogP contribution in [0.5, 0.6) is 0 Å². The van der Waals surface area contributed by atoms with E-state index in [1.54, 1.807) is 0 Å². The molecule has 0 unspecified atom stereocenters. The van der Waals surface area contributed by atoms with Gasteiger partial charge in [0.2, 0.25) is 0 Å². The first-order chi connectivity index (χ1) is 16.9. The van der Waals surface area contributed by atoms with Crippen molar-refractivity contribution in [3.63, 3.8) is 0 Å². The van der Waals surface area contributed by atoms with E-state index in [1.165, 1.54) is 117 Å². The van der Waals surface area contributed by atoms with E-state index < -0.39 is 0 Å². The van der Waals surface area contributed by atoms with Gasteiger partial charge in [-0.15, -0.1) is 0 Å². The molecule has 0 atom stereocenters. The highest BCUT2D eigenvalue weighted by atomic mass is 14.7. The topological polar surface area (TPSA) is 12.9 Å². The Hall–Kier alpha value is -2.41. The fourth-order valence-corrected chi connectivity index (χ4v) is 5.48. The van der Waals surface area contributed by atoms with Gasteiger partial charge in [0.15, 0.2) is 0 Å². The van der Waals surface area contributed by atoms with Crippen LogP contribution in [-0.2, 0) is 6.42 Å². The summed E-state index contributed by atoms with van der Waals surface area (Å²) in [5, 5.41) is 5.22. The summed E-state index contributed by atoms with van der Waals surface area (Å²) >= 11 is 0. The molecule has 0 aliphatic heterocycles. The van der Waals surface area contributed by atoms with Crippen molar-refractivity contribution in [3.8, 4) is 0 Å². The molecule has 1 heteroatoms. The van der Waals surface area contributed by atoms with E-state index in [9.17, 15) is 0 Å². The molecule has 0 N–H and O–H groups in total. The minimum Gasteiger partial charge on any atom is -0.247 e. The molecular formula is C33H43N. The van der Waals surface area contributed by atoms with Crippen LogP contribution in [0.2, 0.25) is 0 Å². The summed E-state index contributed by atoms with van der Waals surface area (Å²) in [5.41, 5.74) is 3.79. The van der Waals surface area contributed by atoms with Crippen molar-refractivity contribution in [2.75, 3.05) is 0 Å². The second-order valence-corrected chi connectivity index (χ2v) is 10.1. The smallest absolute Gasteiger partial charge is 0.0790 e. The van der Waals surface area contributed by atoms with E-state index in [-0.39, 0.29) is 0 Å². The Morgan fingerprint density at radius 2 is 1.06 bits per heavy atom. The van der Waals surface area contributed by atoms with Crippen LogP contribution in [0.3, 0.4) is 0 Å². The maximum Gasteiger partial charge on any atom is 0.0790 e. The SMILES string of the molecule is CCCCCCCCCCCCCCCCc1c2ccccc2nc2c1ccc1ccccc12. The van der Waals surface area contributed by atoms with Gasteiger partial charge in [0, 0.05) is 16.2 Å². The Kier molecular flexibility index (Phi) is 9.79. The normalized spacial score (nSPS) is 11.7. The summed E-state index contributed by atoms with van der Waals surface area (Å²) in [6.07, 6.45) is 20.8. The average molecular weight is 454 g/mol. The summed E-state index contributed by atoms with van der Waals surface area (Å²) in [4.78, 5) is 5.08. The van der Waals surface area contributed by atoms with Gasteiger partial charge in [-0.25, -0.2) is 4.98 Å². The lowest BCUT2D eigenvalue weighted by molar-refractivity contribution is 0.536. The number of hydrogen-bond acceptors (Lipinski definition) is 1. The third kappa shape index (κ3) is 6.59. The van der Waals surface area contributed by atoms with Crippen molar-refractivity contribution < 1.29 is 0 Å². The number of para-hydroxylation sites is 1. The molecule has 0 radical (unpaired) electrons. The standard InChI is InChI=1S/C33H43N/c1-2-3-4-5-6-7-8-9-10-11-12-13-14-15-22-29-30-23-18-19-24-32(30)34-33-28-21-17-16-20-27(28)25-26-31(29)33/h16-21,23-26H,2-15,22H2,1H3. The molecule has 0 fully saturated rings. The van der Waals surface area contributed by atoms with Crippen LogP contribution in [0.1, 0.15) is 102 Å². The van der Waals surface area contributed by atoms with Gasteiger partial charge in [-0.2, -0.15) is 0 Å². The monoisotopic (exact) mass is 453 g/mol. The maximum absolute atomic E-state index is 5.08. The molecule has 34 heavy (non-hydrogen) atoms. The summed E-state index contributed by atoms with van der Waals surface area (Å²) < 4.78 is 0. The Balaban J connectivity index is 1.25. The first-order valence-corrected chi connectivity index (χ1v) is 14.1. The number of aromatic nitrogens is 1. The highest BCUT2D eigenvalue weighted by Gasteiger charge is 2.11. The number of hydrogen-bond donors (Lipinski definition) is 0. The third-order valence-corrected chi connectivity index (χ3v) is 7.47. The van der Waals surface area contributed by atoms with Crippen LogP contribution < -0.4 is 0 Å². The van der Waals surface area contributed by atoms with Gasteiger partial charge < -0.3 is 0 Å². The van der Waals surface area contributed by atoms with Crippen molar-refractivity contribution in [2.24, 2.45) is 0 Å². The van der Waals surface area contributed by atoms with Crippen LogP contribution in [0.4, 0.5) is 0 Å². The zero-order chi connectivity index (χ0) is 23.4.